The van der Waals surface area contributed by atoms with Crippen molar-refractivity contribution < 1.29 is 9.90 Å². The van der Waals surface area contributed by atoms with E-state index in [1.54, 1.807) is 4.52 Å². The van der Waals surface area contributed by atoms with Gasteiger partial charge in [0.2, 0.25) is 4.96 Å². The number of fused-ring (bicyclic) bond motifs is 1. The summed E-state index contributed by atoms with van der Waals surface area (Å²) in [6.07, 6.45) is -0.0960. The van der Waals surface area contributed by atoms with E-state index in [1.165, 1.54) is 11.3 Å². The van der Waals surface area contributed by atoms with Crippen molar-refractivity contribution in [2.75, 3.05) is 0 Å². The number of aryl methyl sites for hydroxylation is 1. The number of carboxylic acids is 1. The standard InChI is InChI=1S/C12H10N4O2S/c1-7-4-2-3-5-8(7)11-13-14-12-16(11)15-9(19-12)6-10(17)18/h2-5H,6H2,1H3,(H,17,18). The van der Waals surface area contributed by atoms with E-state index in [4.69, 9.17) is 5.11 Å². The zero-order valence-corrected chi connectivity index (χ0v) is 10.9. The summed E-state index contributed by atoms with van der Waals surface area (Å²) in [5.74, 6) is -0.261. The summed E-state index contributed by atoms with van der Waals surface area (Å²) in [6, 6.07) is 7.81. The molecule has 0 atom stereocenters. The second-order valence-corrected chi connectivity index (χ2v) is 5.14. The minimum Gasteiger partial charge on any atom is -0.481 e. The molecule has 0 fully saturated rings. The average Bonchev–Trinajstić information content (AvgIpc) is 2.89. The molecule has 0 aliphatic rings. The maximum Gasteiger partial charge on any atom is 0.310 e. The summed E-state index contributed by atoms with van der Waals surface area (Å²) in [4.78, 5) is 11.3. The highest BCUT2D eigenvalue weighted by molar-refractivity contribution is 7.16. The fourth-order valence-corrected chi connectivity index (χ4v) is 2.67. The van der Waals surface area contributed by atoms with Crippen molar-refractivity contribution in [3.8, 4) is 11.4 Å². The number of rotatable bonds is 3. The molecule has 1 aromatic carbocycles. The van der Waals surface area contributed by atoms with Gasteiger partial charge < -0.3 is 5.11 Å². The molecule has 3 rings (SSSR count). The van der Waals surface area contributed by atoms with Gasteiger partial charge in [-0.05, 0) is 12.5 Å². The number of hydrogen-bond acceptors (Lipinski definition) is 5. The molecule has 0 saturated carbocycles. The molecule has 1 N–H and O–H groups in total. The summed E-state index contributed by atoms with van der Waals surface area (Å²) < 4.78 is 1.60. The van der Waals surface area contributed by atoms with Crippen LogP contribution in [0.2, 0.25) is 0 Å². The van der Waals surface area contributed by atoms with E-state index in [-0.39, 0.29) is 6.42 Å². The molecule has 0 saturated heterocycles. The van der Waals surface area contributed by atoms with Gasteiger partial charge in [-0.1, -0.05) is 35.6 Å². The Labute approximate surface area is 112 Å². The third kappa shape index (κ3) is 2.08. The molecule has 0 radical (unpaired) electrons. The van der Waals surface area contributed by atoms with Crippen LogP contribution in [0.1, 0.15) is 10.6 Å². The summed E-state index contributed by atoms with van der Waals surface area (Å²) in [5.41, 5.74) is 2.02. The van der Waals surface area contributed by atoms with Crippen LogP contribution in [0, 0.1) is 6.92 Å². The van der Waals surface area contributed by atoms with Crippen molar-refractivity contribution in [1.29, 1.82) is 0 Å². The van der Waals surface area contributed by atoms with Crippen LogP contribution in [0.25, 0.3) is 16.3 Å². The average molecular weight is 274 g/mol. The monoisotopic (exact) mass is 274 g/mol. The molecule has 7 heteroatoms. The molecular weight excluding hydrogens is 264 g/mol. The van der Waals surface area contributed by atoms with Gasteiger partial charge in [0.05, 0.1) is 6.42 Å². The first kappa shape index (κ1) is 11.8. The normalized spacial score (nSPS) is 11.0. The van der Waals surface area contributed by atoms with Crippen LogP contribution in [0.4, 0.5) is 0 Å². The van der Waals surface area contributed by atoms with Crippen LogP contribution in [0.5, 0.6) is 0 Å². The minimum atomic E-state index is -0.901. The highest BCUT2D eigenvalue weighted by Crippen LogP contribution is 2.24. The lowest BCUT2D eigenvalue weighted by Gasteiger charge is -2.00. The molecule has 0 aliphatic carbocycles. The Hall–Kier alpha value is -2.28. The first-order valence-corrected chi connectivity index (χ1v) is 6.45. The van der Waals surface area contributed by atoms with Crippen molar-refractivity contribution >= 4 is 22.3 Å². The van der Waals surface area contributed by atoms with E-state index in [2.05, 4.69) is 15.3 Å². The molecule has 0 aliphatic heterocycles. The van der Waals surface area contributed by atoms with Gasteiger partial charge in [0, 0.05) is 5.56 Å². The van der Waals surface area contributed by atoms with E-state index in [9.17, 15) is 4.79 Å². The maximum atomic E-state index is 10.7. The quantitative estimate of drug-likeness (QED) is 0.787. The molecule has 2 heterocycles. The molecule has 19 heavy (non-hydrogen) atoms. The molecule has 0 amide bonds. The summed E-state index contributed by atoms with van der Waals surface area (Å²) >= 11 is 1.24. The topological polar surface area (TPSA) is 80.4 Å². The number of nitrogens with zero attached hydrogens (tertiary/aromatic N) is 4. The SMILES string of the molecule is Cc1ccccc1-c1nnc2sc(CC(=O)O)nn12. The minimum absolute atomic E-state index is 0.0960. The van der Waals surface area contributed by atoms with Crippen LogP contribution in [-0.2, 0) is 11.2 Å². The lowest BCUT2D eigenvalue weighted by Crippen LogP contribution is -2.01. The van der Waals surface area contributed by atoms with Crippen molar-refractivity contribution in [2.24, 2.45) is 0 Å². The molecule has 0 spiro atoms. The van der Waals surface area contributed by atoms with Gasteiger partial charge in [-0.15, -0.1) is 10.2 Å². The molecule has 6 nitrogen and oxygen atoms in total. The van der Waals surface area contributed by atoms with E-state index in [0.29, 0.717) is 15.8 Å². The van der Waals surface area contributed by atoms with Gasteiger partial charge in [0.15, 0.2) is 5.82 Å². The van der Waals surface area contributed by atoms with E-state index >= 15 is 0 Å². The molecule has 96 valence electrons. The highest BCUT2D eigenvalue weighted by atomic mass is 32.1. The Kier molecular flexibility index (Phi) is 2.75. The maximum absolute atomic E-state index is 10.7. The Morgan fingerprint density at radius 2 is 2.16 bits per heavy atom. The van der Waals surface area contributed by atoms with Gasteiger partial charge in [0.1, 0.15) is 5.01 Å². The number of hydrogen-bond donors (Lipinski definition) is 1. The van der Waals surface area contributed by atoms with Crippen molar-refractivity contribution in [3.63, 3.8) is 0 Å². The van der Waals surface area contributed by atoms with Crippen LogP contribution in [0.15, 0.2) is 24.3 Å². The van der Waals surface area contributed by atoms with Crippen LogP contribution < -0.4 is 0 Å². The van der Waals surface area contributed by atoms with Gasteiger partial charge in [-0.25, -0.2) is 0 Å². The largest absolute Gasteiger partial charge is 0.481 e. The zero-order valence-electron chi connectivity index (χ0n) is 10.1. The Balaban J connectivity index is 2.12. The van der Waals surface area contributed by atoms with Gasteiger partial charge >= 0.3 is 5.97 Å². The number of carboxylic acid groups (broad SMARTS) is 1. The Morgan fingerprint density at radius 3 is 2.89 bits per heavy atom. The predicted octanol–water partition coefficient (Wildman–Crippen LogP) is 1.79. The number of carbonyl (C=O) groups is 1. The van der Waals surface area contributed by atoms with Crippen molar-refractivity contribution in [3.05, 3.63) is 34.8 Å². The smallest absolute Gasteiger partial charge is 0.310 e. The van der Waals surface area contributed by atoms with Crippen molar-refractivity contribution in [2.45, 2.75) is 13.3 Å². The predicted molar refractivity (Wildman–Crippen MR) is 70.2 cm³/mol. The molecule has 0 bridgehead atoms. The summed E-state index contributed by atoms with van der Waals surface area (Å²) in [5, 5.41) is 21.7. The second-order valence-electron chi connectivity index (χ2n) is 4.10. The van der Waals surface area contributed by atoms with Crippen LogP contribution >= 0.6 is 11.3 Å². The Morgan fingerprint density at radius 1 is 1.37 bits per heavy atom. The number of aliphatic carboxylic acids is 1. The van der Waals surface area contributed by atoms with Gasteiger partial charge in [-0.2, -0.15) is 9.61 Å². The van der Waals surface area contributed by atoms with E-state index in [0.717, 1.165) is 11.1 Å². The lowest BCUT2D eigenvalue weighted by molar-refractivity contribution is -0.136. The van der Waals surface area contributed by atoms with E-state index in [1.807, 2.05) is 31.2 Å². The molecule has 3 aromatic rings. The fourth-order valence-electron chi connectivity index (χ4n) is 1.85. The second kappa shape index (κ2) is 4.43. The van der Waals surface area contributed by atoms with Crippen molar-refractivity contribution in [1.82, 2.24) is 19.8 Å². The molecular formula is C12H10N4O2S. The third-order valence-corrected chi connectivity index (χ3v) is 3.62. The summed E-state index contributed by atoms with van der Waals surface area (Å²) in [6.45, 7) is 1.99. The zero-order chi connectivity index (χ0) is 13.4. The lowest BCUT2D eigenvalue weighted by atomic mass is 10.1. The third-order valence-electron chi connectivity index (χ3n) is 2.72. The molecule has 0 unspecified atom stereocenters. The van der Waals surface area contributed by atoms with Gasteiger partial charge in [-0.3, -0.25) is 4.79 Å². The van der Waals surface area contributed by atoms with E-state index < -0.39 is 5.97 Å². The van der Waals surface area contributed by atoms with Gasteiger partial charge in [0.25, 0.3) is 0 Å². The molecule has 2 aromatic heterocycles. The Bertz CT molecular complexity index is 762. The number of aromatic nitrogens is 4. The first-order chi connectivity index (χ1) is 9.15. The number of benzene rings is 1. The van der Waals surface area contributed by atoms with Crippen LogP contribution in [-0.4, -0.2) is 30.9 Å². The fraction of sp³-hybridized carbons (Fsp3) is 0.167. The first-order valence-electron chi connectivity index (χ1n) is 5.64. The summed E-state index contributed by atoms with van der Waals surface area (Å²) in [7, 11) is 0. The van der Waals surface area contributed by atoms with Crippen LogP contribution in [0.3, 0.4) is 0 Å². The highest BCUT2D eigenvalue weighted by Gasteiger charge is 2.15.